The molecule has 0 aromatic rings. The molecule has 1 rings (SSSR count). The van der Waals surface area contributed by atoms with Gasteiger partial charge in [-0.1, -0.05) is 25.7 Å². The fourth-order valence-electron chi connectivity index (χ4n) is 1.88. The van der Waals surface area contributed by atoms with Gasteiger partial charge in [0.2, 0.25) is 0 Å². The van der Waals surface area contributed by atoms with Crippen molar-refractivity contribution in [2.75, 3.05) is 0 Å². The standard InChI is InChI=1S/C9H17NO2S.ClH/c10-7(8(11)12)9(13)5-3-1-2-4-6-9;/h7,13H,1-6,10H2,(H,11,12);1H. The monoisotopic (exact) mass is 239 g/mol. The predicted molar refractivity (Wildman–Crippen MR) is 62.3 cm³/mol. The topological polar surface area (TPSA) is 63.3 Å². The van der Waals surface area contributed by atoms with E-state index in [1.165, 1.54) is 12.8 Å². The molecule has 0 heterocycles. The van der Waals surface area contributed by atoms with Gasteiger partial charge in [-0.15, -0.1) is 12.4 Å². The Kier molecular flexibility index (Phi) is 5.86. The molecule has 1 aliphatic rings. The summed E-state index contributed by atoms with van der Waals surface area (Å²) in [5.74, 6) is -0.933. The van der Waals surface area contributed by atoms with Crippen LogP contribution in [0.3, 0.4) is 0 Å². The van der Waals surface area contributed by atoms with Gasteiger partial charge in [0.05, 0.1) is 0 Å². The SMILES string of the molecule is Cl.NC(C(=O)O)C1(S)CCCCCC1. The van der Waals surface area contributed by atoms with E-state index in [9.17, 15) is 4.79 Å². The van der Waals surface area contributed by atoms with Gasteiger partial charge in [-0.2, -0.15) is 12.6 Å². The maximum Gasteiger partial charge on any atom is 0.321 e. The summed E-state index contributed by atoms with van der Waals surface area (Å²) in [5, 5.41) is 8.82. The van der Waals surface area contributed by atoms with E-state index in [0.29, 0.717) is 0 Å². The maximum atomic E-state index is 10.7. The molecule has 0 bridgehead atoms. The summed E-state index contributed by atoms with van der Waals surface area (Å²) in [4.78, 5) is 10.7. The van der Waals surface area contributed by atoms with Crippen LogP contribution in [-0.4, -0.2) is 21.9 Å². The van der Waals surface area contributed by atoms with Gasteiger partial charge in [0, 0.05) is 4.75 Å². The maximum absolute atomic E-state index is 10.7. The van der Waals surface area contributed by atoms with Crippen molar-refractivity contribution < 1.29 is 9.90 Å². The highest BCUT2D eigenvalue weighted by atomic mass is 35.5. The van der Waals surface area contributed by atoms with Crippen LogP contribution in [-0.2, 0) is 4.79 Å². The first-order valence-corrected chi connectivity index (χ1v) is 5.22. The second kappa shape index (κ2) is 5.83. The third-order valence-corrected chi connectivity index (χ3v) is 3.54. The Hall–Kier alpha value is 0.0700. The molecule has 3 nitrogen and oxygen atoms in total. The highest BCUT2D eigenvalue weighted by Gasteiger charge is 2.37. The van der Waals surface area contributed by atoms with Crippen LogP contribution < -0.4 is 5.73 Å². The van der Waals surface area contributed by atoms with Crippen LogP contribution in [0, 0.1) is 0 Å². The molecule has 0 aliphatic heterocycles. The van der Waals surface area contributed by atoms with Crippen molar-refractivity contribution in [2.24, 2.45) is 5.73 Å². The number of hydrogen-bond acceptors (Lipinski definition) is 3. The molecule has 3 N–H and O–H groups in total. The van der Waals surface area contributed by atoms with Gasteiger partial charge in [0.25, 0.3) is 0 Å². The highest BCUT2D eigenvalue weighted by Crippen LogP contribution is 2.34. The third kappa shape index (κ3) is 3.33. The Labute approximate surface area is 96.3 Å². The highest BCUT2D eigenvalue weighted by molar-refractivity contribution is 7.82. The smallest absolute Gasteiger partial charge is 0.321 e. The fourth-order valence-corrected chi connectivity index (χ4v) is 2.31. The third-order valence-electron chi connectivity index (χ3n) is 2.81. The molecule has 0 saturated heterocycles. The fraction of sp³-hybridized carbons (Fsp3) is 0.889. The average molecular weight is 240 g/mol. The van der Waals surface area contributed by atoms with E-state index in [1.807, 2.05) is 0 Å². The van der Waals surface area contributed by atoms with E-state index in [2.05, 4.69) is 12.6 Å². The first-order chi connectivity index (χ1) is 6.06. The van der Waals surface area contributed by atoms with E-state index in [0.717, 1.165) is 25.7 Å². The minimum absolute atomic E-state index is 0. The van der Waals surface area contributed by atoms with Crippen LogP contribution in [0.1, 0.15) is 38.5 Å². The number of nitrogens with two attached hydrogens (primary N) is 1. The number of carboxylic acids is 1. The zero-order chi connectivity index (χ0) is 9.90. The average Bonchev–Trinajstić information content (AvgIpc) is 2.29. The van der Waals surface area contributed by atoms with Crippen LogP contribution in [0.2, 0.25) is 0 Å². The molecule has 0 aromatic heterocycles. The first kappa shape index (κ1) is 14.1. The molecule has 1 saturated carbocycles. The Morgan fingerprint density at radius 3 is 2.07 bits per heavy atom. The second-order valence-electron chi connectivity index (χ2n) is 3.83. The minimum atomic E-state index is -0.933. The summed E-state index contributed by atoms with van der Waals surface area (Å²) in [6, 6.07) is -0.825. The number of aliphatic carboxylic acids is 1. The normalized spacial score (nSPS) is 23.0. The summed E-state index contributed by atoms with van der Waals surface area (Å²) in [6.45, 7) is 0. The zero-order valence-corrected chi connectivity index (χ0v) is 9.82. The molecule has 0 spiro atoms. The summed E-state index contributed by atoms with van der Waals surface area (Å²) >= 11 is 4.45. The molecule has 1 fully saturated rings. The molecular weight excluding hydrogens is 222 g/mol. The quantitative estimate of drug-likeness (QED) is 0.509. The molecule has 0 radical (unpaired) electrons. The van der Waals surface area contributed by atoms with Gasteiger partial charge in [-0.3, -0.25) is 4.79 Å². The van der Waals surface area contributed by atoms with E-state index in [4.69, 9.17) is 10.8 Å². The van der Waals surface area contributed by atoms with Crippen molar-refractivity contribution in [3.05, 3.63) is 0 Å². The van der Waals surface area contributed by atoms with Crippen LogP contribution in [0.5, 0.6) is 0 Å². The van der Waals surface area contributed by atoms with E-state index >= 15 is 0 Å². The number of carboxylic acid groups (broad SMARTS) is 1. The van der Waals surface area contributed by atoms with E-state index < -0.39 is 16.8 Å². The largest absolute Gasteiger partial charge is 0.480 e. The van der Waals surface area contributed by atoms with Crippen molar-refractivity contribution in [2.45, 2.75) is 49.3 Å². The van der Waals surface area contributed by atoms with Gasteiger partial charge in [-0.25, -0.2) is 0 Å². The van der Waals surface area contributed by atoms with E-state index in [1.54, 1.807) is 0 Å². The van der Waals surface area contributed by atoms with Crippen molar-refractivity contribution >= 4 is 31.0 Å². The Morgan fingerprint density at radius 2 is 1.71 bits per heavy atom. The van der Waals surface area contributed by atoms with Crippen molar-refractivity contribution in [1.82, 2.24) is 0 Å². The molecule has 14 heavy (non-hydrogen) atoms. The van der Waals surface area contributed by atoms with Crippen molar-refractivity contribution in [3.8, 4) is 0 Å². The Bertz CT molecular complexity index is 193. The summed E-state index contributed by atoms with van der Waals surface area (Å²) in [5.41, 5.74) is 5.62. The Balaban J connectivity index is 0.00000169. The molecule has 1 atom stereocenters. The zero-order valence-electron chi connectivity index (χ0n) is 8.11. The van der Waals surface area contributed by atoms with Crippen LogP contribution in [0.25, 0.3) is 0 Å². The second-order valence-corrected chi connectivity index (χ2v) is 4.72. The minimum Gasteiger partial charge on any atom is -0.480 e. The van der Waals surface area contributed by atoms with Gasteiger partial charge in [0.1, 0.15) is 6.04 Å². The summed E-state index contributed by atoms with van der Waals surface area (Å²) in [7, 11) is 0. The van der Waals surface area contributed by atoms with Crippen LogP contribution >= 0.6 is 25.0 Å². The lowest BCUT2D eigenvalue weighted by Crippen LogP contribution is -2.48. The molecule has 1 aliphatic carbocycles. The lowest BCUT2D eigenvalue weighted by molar-refractivity contribution is -0.139. The van der Waals surface area contributed by atoms with Crippen molar-refractivity contribution in [1.29, 1.82) is 0 Å². The predicted octanol–water partition coefficient (Wildman–Crippen LogP) is 1.84. The summed E-state index contributed by atoms with van der Waals surface area (Å²) < 4.78 is -0.484. The molecule has 0 amide bonds. The Morgan fingerprint density at radius 1 is 1.29 bits per heavy atom. The molecule has 0 aromatic carbocycles. The number of halogens is 1. The lowest BCUT2D eigenvalue weighted by Gasteiger charge is -2.30. The van der Waals surface area contributed by atoms with Gasteiger partial charge >= 0.3 is 5.97 Å². The number of rotatable bonds is 2. The molecular formula is C9H18ClNO2S. The molecule has 1 unspecified atom stereocenters. The number of hydrogen-bond donors (Lipinski definition) is 3. The first-order valence-electron chi connectivity index (χ1n) is 4.77. The lowest BCUT2D eigenvalue weighted by atomic mass is 9.91. The summed E-state index contributed by atoms with van der Waals surface area (Å²) in [6.07, 6.45) is 6.09. The number of carbonyl (C=O) groups is 1. The number of thiol groups is 1. The van der Waals surface area contributed by atoms with Crippen LogP contribution in [0.15, 0.2) is 0 Å². The van der Waals surface area contributed by atoms with E-state index in [-0.39, 0.29) is 12.4 Å². The van der Waals surface area contributed by atoms with Crippen LogP contribution in [0.4, 0.5) is 0 Å². The van der Waals surface area contributed by atoms with Gasteiger partial charge in [0.15, 0.2) is 0 Å². The van der Waals surface area contributed by atoms with Gasteiger partial charge < -0.3 is 10.8 Å². The molecule has 84 valence electrons. The molecule has 5 heteroatoms. The van der Waals surface area contributed by atoms with Crippen molar-refractivity contribution in [3.63, 3.8) is 0 Å². The van der Waals surface area contributed by atoms with Gasteiger partial charge in [-0.05, 0) is 12.8 Å².